The van der Waals surface area contributed by atoms with Gasteiger partial charge in [-0.25, -0.2) is 0 Å². The number of hydrogen-bond acceptors (Lipinski definition) is 6. The third-order valence-electron chi connectivity index (χ3n) is 5.63. The Morgan fingerprint density at radius 1 is 1.19 bits per heavy atom. The number of benzene rings is 2. The number of H-pyrrole nitrogens is 1. The number of amides is 1. The van der Waals surface area contributed by atoms with Crippen molar-refractivity contribution in [2.24, 2.45) is 0 Å². The van der Waals surface area contributed by atoms with Gasteiger partial charge in [0, 0.05) is 24.3 Å². The fourth-order valence-corrected chi connectivity index (χ4v) is 4.19. The SMILES string of the molecule is CCOc1ccc(C2c3c(-c4cc(C)ccc4O)n[nH]c3C(=O)N2CCCO)cc1OC. The molecule has 1 aromatic heterocycles. The lowest BCUT2D eigenvalue weighted by Gasteiger charge is -2.27. The van der Waals surface area contributed by atoms with E-state index in [0.717, 1.165) is 11.1 Å². The van der Waals surface area contributed by atoms with Gasteiger partial charge >= 0.3 is 0 Å². The second-order valence-corrected chi connectivity index (χ2v) is 7.70. The molecule has 3 N–H and O–H groups in total. The molecule has 1 unspecified atom stereocenters. The minimum Gasteiger partial charge on any atom is -0.507 e. The molecule has 8 nitrogen and oxygen atoms in total. The molecular formula is C24H27N3O5. The lowest BCUT2D eigenvalue weighted by Crippen LogP contribution is -2.31. The molecule has 2 heterocycles. The second-order valence-electron chi connectivity index (χ2n) is 7.70. The van der Waals surface area contributed by atoms with E-state index in [4.69, 9.17) is 9.47 Å². The van der Waals surface area contributed by atoms with E-state index in [2.05, 4.69) is 10.2 Å². The molecule has 0 aliphatic carbocycles. The fraction of sp³-hybridized carbons (Fsp3) is 0.333. The predicted octanol–water partition coefficient (Wildman–Crippen LogP) is 3.43. The van der Waals surface area contributed by atoms with Crippen LogP contribution in [0.25, 0.3) is 11.3 Å². The summed E-state index contributed by atoms with van der Waals surface area (Å²) in [6.45, 7) is 4.68. The van der Waals surface area contributed by atoms with Crippen molar-refractivity contribution in [2.45, 2.75) is 26.3 Å². The summed E-state index contributed by atoms with van der Waals surface area (Å²) in [6, 6.07) is 10.4. The molecular weight excluding hydrogens is 410 g/mol. The van der Waals surface area contributed by atoms with Crippen LogP contribution in [0.3, 0.4) is 0 Å². The van der Waals surface area contributed by atoms with E-state index in [1.54, 1.807) is 18.1 Å². The summed E-state index contributed by atoms with van der Waals surface area (Å²) >= 11 is 0. The highest BCUT2D eigenvalue weighted by molar-refractivity contribution is 6.00. The summed E-state index contributed by atoms with van der Waals surface area (Å²) in [7, 11) is 1.57. The molecule has 32 heavy (non-hydrogen) atoms. The van der Waals surface area contributed by atoms with Gasteiger partial charge in [-0.05, 0) is 50.1 Å². The van der Waals surface area contributed by atoms with E-state index < -0.39 is 6.04 Å². The van der Waals surface area contributed by atoms with E-state index in [1.807, 2.05) is 44.2 Å². The molecule has 0 saturated carbocycles. The molecule has 1 aliphatic heterocycles. The first-order valence-electron chi connectivity index (χ1n) is 10.6. The first kappa shape index (κ1) is 21.7. The number of phenols is 1. The number of carbonyl (C=O) groups is 1. The lowest BCUT2D eigenvalue weighted by atomic mass is 9.94. The van der Waals surface area contributed by atoms with Crippen LogP contribution in [0, 0.1) is 6.92 Å². The summed E-state index contributed by atoms with van der Waals surface area (Å²) in [6.07, 6.45) is 0.444. The number of ether oxygens (including phenoxy) is 2. The number of fused-ring (bicyclic) bond motifs is 1. The average Bonchev–Trinajstić information content (AvgIpc) is 3.33. The van der Waals surface area contributed by atoms with Crippen molar-refractivity contribution >= 4 is 5.91 Å². The Morgan fingerprint density at radius 3 is 2.72 bits per heavy atom. The summed E-state index contributed by atoms with van der Waals surface area (Å²) in [5.41, 5.74) is 3.96. The van der Waals surface area contributed by atoms with Crippen LogP contribution < -0.4 is 9.47 Å². The van der Waals surface area contributed by atoms with Gasteiger partial charge in [0.2, 0.25) is 0 Å². The van der Waals surface area contributed by atoms with Crippen LogP contribution in [-0.4, -0.2) is 58.1 Å². The number of nitrogens with one attached hydrogen (secondary N) is 1. The molecule has 0 saturated heterocycles. The van der Waals surface area contributed by atoms with Crippen molar-refractivity contribution in [3.8, 4) is 28.5 Å². The number of nitrogens with zero attached hydrogens (tertiary/aromatic N) is 2. The Balaban J connectivity index is 1.88. The van der Waals surface area contributed by atoms with Crippen LogP contribution in [-0.2, 0) is 0 Å². The lowest BCUT2D eigenvalue weighted by molar-refractivity contribution is 0.0732. The van der Waals surface area contributed by atoms with Gasteiger partial charge in [-0.1, -0.05) is 17.7 Å². The number of aryl methyl sites for hydroxylation is 1. The summed E-state index contributed by atoms with van der Waals surface area (Å²) < 4.78 is 11.2. The Bertz CT molecular complexity index is 1140. The van der Waals surface area contributed by atoms with Gasteiger partial charge < -0.3 is 24.6 Å². The number of rotatable bonds is 8. The summed E-state index contributed by atoms with van der Waals surface area (Å²) in [5.74, 6) is 1.08. The number of aromatic hydroxyl groups is 1. The molecule has 0 radical (unpaired) electrons. The molecule has 0 fully saturated rings. The number of aliphatic hydroxyl groups is 1. The van der Waals surface area contributed by atoms with Crippen LogP contribution >= 0.6 is 0 Å². The van der Waals surface area contributed by atoms with Crippen LogP contribution in [0.4, 0.5) is 0 Å². The zero-order valence-corrected chi connectivity index (χ0v) is 18.4. The van der Waals surface area contributed by atoms with E-state index in [-0.39, 0.29) is 18.3 Å². The van der Waals surface area contributed by atoms with Crippen molar-refractivity contribution < 1.29 is 24.5 Å². The smallest absolute Gasteiger partial charge is 0.273 e. The van der Waals surface area contributed by atoms with Crippen molar-refractivity contribution in [3.05, 3.63) is 58.8 Å². The summed E-state index contributed by atoms with van der Waals surface area (Å²) in [4.78, 5) is 15.0. The van der Waals surface area contributed by atoms with Crippen LogP contribution in [0.1, 0.15) is 46.6 Å². The predicted molar refractivity (Wildman–Crippen MR) is 119 cm³/mol. The highest BCUT2D eigenvalue weighted by Crippen LogP contribution is 2.46. The average molecular weight is 437 g/mol. The number of aromatic amines is 1. The Morgan fingerprint density at radius 2 is 2.00 bits per heavy atom. The normalized spacial score (nSPS) is 15.2. The minimum absolute atomic E-state index is 0.0270. The van der Waals surface area contributed by atoms with Gasteiger partial charge in [-0.15, -0.1) is 0 Å². The first-order chi connectivity index (χ1) is 15.5. The van der Waals surface area contributed by atoms with E-state index in [0.29, 0.717) is 53.6 Å². The fourth-order valence-electron chi connectivity index (χ4n) is 4.19. The third kappa shape index (κ3) is 3.67. The Labute approximate surface area is 186 Å². The van der Waals surface area contributed by atoms with Crippen molar-refractivity contribution in [1.29, 1.82) is 0 Å². The quantitative estimate of drug-likeness (QED) is 0.498. The molecule has 0 spiro atoms. The number of methoxy groups -OCH3 is 1. The maximum atomic E-state index is 13.3. The summed E-state index contributed by atoms with van der Waals surface area (Å²) in [5, 5.41) is 27.2. The van der Waals surface area contributed by atoms with Crippen molar-refractivity contribution in [3.63, 3.8) is 0 Å². The van der Waals surface area contributed by atoms with Crippen LogP contribution in [0.2, 0.25) is 0 Å². The highest BCUT2D eigenvalue weighted by Gasteiger charge is 2.42. The third-order valence-corrected chi connectivity index (χ3v) is 5.63. The number of phenolic OH excluding ortho intramolecular Hbond substituents is 1. The maximum absolute atomic E-state index is 13.3. The van der Waals surface area contributed by atoms with Gasteiger partial charge in [0.15, 0.2) is 11.5 Å². The van der Waals surface area contributed by atoms with E-state index in [9.17, 15) is 15.0 Å². The number of aromatic nitrogens is 2. The topological polar surface area (TPSA) is 108 Å². The second kappa shape index (κ2) is 8.92. The molecule has 168 valence electrons. The van der Waals surface area contributed by atoms with Crippen molar-refractivity contribution in [1.82, 2.24) is 15.1 Å². The molecule has 3 aromatic rings. The molecule has 1 aliphatic rings. The number of hydrogen-bond donors (Lipinski definition) is 3. The number of aliphatic hydroxyl groups excluding tert-OH is 1. The van der Waals surface area contributed by atoms with Gasteiger partial charge in [-0.3, -0.25) is 9.89 Å². The zero-order chi connectivity index (χ0) is 22.8. The molecule has 0 bridgehead atoms. The monoisotopic (exact) mass is 437 g/mol. The van der Waals surface area contributed by atoms with Gasteiger partial charge in [0.25, 0.3) is 5.91 Å². The standard InChI is InChI=1S/C24H27N3O5/c1-4-32-18-9-7-15(13-19(18)31-3)23-20-21(16-12-14(2)6-8-17(16)29)25-26-22(20)24(30)27(23)10-5-11-28/h6-9,12-13,23,28-29H,4-5,10-11H2,1-3H3,(H,25,26). The molecule has 1 atom stereocenters. The van der Waals surface area contributed by atoms with Gasteiger partial charge in [0.05, 0.1) is 19.8 Å². The van der Waals surface area contributed by atoms with Crippen LogP contribution in [0.15, 0.2) is 36.4 Å². The van der Waals surface area contributed by atoms with Gasteiger partial charge in [0.1, 0.15) is 17.1 Å². The van der Waals surface area contributed by atoms with E-state index in [1.165, 1.54) is 0 Å². The van der Waals surface area contributed by atoms with E-state index >= 15 is 0 Å². The maximum Gasteiger partial charge on any atom is 0.273 e. The molecule has 1 amide bonds. The molecule has 4 rings (SSSR count). The Hall–Kier alpha value is -3.52. The Kier molecular flexibility index (Phi) is 6.05. The zero-order valence-electron chi connectivity index (χ0n) is 18.4. The molecule has 2 aromatic carbocycles. The van der Waals surface area contributed by atoms with Crippen molar-refractivity contribution in [2.75, 3.05) is 26.9 Å². The largest absolute Gasteiger partial charge is 0.507 e. The van der Waals surface area contributed by atoms with Gasteiger partial charge in [-0.2, -0.15) is 5.10 Å². The highest BCUT2D eigenvalue weighted by atomic mass is 16.5. The molecule has 8 heteroatoms. The number of carbonyl (C=O) groups excluding carboxylic acids is 1. The first-order valence-corrected chi connectivity index (χ1v) is 10.6. The van der Waals surface area contributed by atoms with Crippen LogP contribution in [0.5, 0.6) is 17.2 Å². The minimum atomic E-state index is -0.456.